The van der Waals surface area contributed by atoms with Crippen LogP contribution >= 0.6 is 0 Å². The molecule has 1 aromatic rings. The lowest BCUT2D eigenvalue weighted by Gasteiger charge is -2.34. The third-order valence-electron chi connectivity index (χ3n) is 3.61. The van der Waals surface area contributed by atoms with Crippen LogP contribution in [0.2, 0.25) is 0 Å². The summed E-state index contributed by atoms with van der Waals surface area (Å²) in [5.41, 5.74) is 9.40. The first-order chi connectivity index (χ1) is 8.09. The molecule has 1 aliphatic heterocycles. The quantitative estimate of drug-likeness (QED) is 0.791. The van der Waals surface area contributed by atoms with Crippen LogP contribution in [0.15, 0.2) is 18.2 Å². The summed E-state index contributed by atoms with van der Waals surface area (Å²) in [7, 11) is 0. The monoisotopic (exact) mass is 234 g/mol. The van der Waals surface area contributed by atoms with Gasteiger partial charge in [-0.2, -0.15) is 0 Å². The number of nitrogens with two attached hydrogens (primary N) is 1. The third-order valence-corrected chi connectivity index (χ3v) is 3.61. The highest BCUT2D eigenvalue weighted by atomic mass is 16.5. The average Bonchev–Trinajstić information content (AvgIpc) is 2.31. The highest BCUT2D eigenvalue weighted by molar-refractivity contribution is 5.66. The molecule has 0 unspecified atom stereocenters. The Morgan fingerprint density at radius 1 is 1.35 bits per heavy atom. The van der Waals surface area contributed by atoms with Crippen LogP contribution < -0.4 is 11.1 Å². The molecule has 94 valence electrons. The highest BCUT2D eigenvalue weighted by Gasteiger charge is 2.27. The van der Waals surface area contributed by atoms with Crippen molar-refractivity contribution >= 4 is 11.4 Å². The van der Waals surface area contributed by atoms with Gasteiger partial charge in [0.15, 0.2) is 0 Å². The third kappa shape index (κ3) is 3.13. The Balaban J connectivity index is 1.99. The molecule has 0 aromatic heterocycles. The van der Waals surface area contributed by atoms with Crippen LogP contribution in [0.1, 0.15) is 25.3 Å². The molecule has 1 fully saturated rings. The van der Waals surface area contributed by atoms with Crippen molar-refractivity contribution in [2.24, 2.45) is 5.41 Å². The molecule has 1 heterocycles. The van der Waals surface area contributed by atoms with Gasteiger partial charge in [0.25, 0.3) is 0 Å². The van der Waals surface area contributed by atoms with Crippen molar-refractivity contribution in [3.8, 4) is 0 Å². The smallest absolute Gasteiger partial charge is 0.0576 e. The maximum atomic E-state index is 5.96. The lowest BCUT2D eigenvalue weighted by molar-refractivity contribution is 0.0300. The Kier molecular flexibility index (Phi) is 3.57. The summed E-state index contributed by atoms with van der Waals surface area (Å²) >= 11 is 0. The molecule has 1 aromatic carbocycles. The molecule has 17 heavy (non-hydrogen) atoms. The van der Waals surface area contributed by atoms with Gasteiger partial charge in [-0.25, -0.2) is 0 Å². The van der Waals surface area contributed by atoms with E-state index in [9.17, 15) is 0 Å². The normalized spacial score (nSPS) is 18.9. The van der Waals surface area contributed by atoms with E-state index in [4.69, 9.17) is 10.5 Å². The fourth-order valence-electron chi connectivity index (χ4n) is 2.17. The van der Waals surface area contributed by atoms with Crippen LogP contribution in [0.3, 0.4) is 0 Å². The van der Waals surface area contributed by atoms with E-state index in [0.717, 1.165) is 44.0 Å². The fourth-order valence-corrected chi connectivity index (χ4v) is 2.17. The Labute approximate surface area is 103 Å². The van der Waals surface area contributed by atoms with Crippen LogP contribution in [-0.4, -0.2) is 19.8 Å². The zero-order valence-corrected chi connectivity index (χ0v) is 10.8. The molecular weight excluding hydrogens is 212 g/mol. The number of hydrogen-bond donors (Lipinski definition) is 2. The minimum atomic E-state index is 0.328. The van der Waals surface area contributed by atoms with Crippen LogP contribution in [-0.2, 0) is 4.74 Å². The van der Waals surface area contributed by atoms with Gasteiger partial charge in [-0.1, -0.05) is 13.0 Å². The lowest BCUT2D eigenvalue weighted by atomic mass is 9.82. The zero-order valence-electron chi connectivity index (χ0n) is 10.8. The molecule has 3 N–H and O–H groups in total. The Hall–Kier alpha value is -1.22. The number of nitrogens with one attached hydrogen (secondary N) is 1. The van der Waals surface area contributed by atoms with Crippen molar-refractivity contribution in [2.45, 2.75) is 26.7 Å². The van der Waals surface area contributed by atoms with Gasteiger partial charge in [0.05, 0.1) is 11.4 Å². The minimum Gasteiger partial charge on any atom is -0.397 e. The van der Waals surface area contributed by atoms with E-state index in [1.807, 2.05) is 12.1 Å². The maximum Gasteiger partial charge on any atom is 0.0576 e. The summed E-state index contributed by atoms with van der Waals surface area (Å²) in [6.45, 7) is 7.11. The number of anilines is 2. The molecule has 0 saturated carbocycles. The van der Waals surface area contributed by atoms with Crippen LogP contribution in [0.4, 0.5) is 11.4 Å². The van der Waals surface area contributed by atoms with Crippen molar-refractivity contribution in [1.29, 1.82) is 0 Å². The summed E-state index contributed by atoms with van der Waals surface area (Å²) in [6, 6.07) is 6.11. The summed E-state index contributed by atoms with van der Waals surface area (Å²) in [5.74, 6) is 0. The molecule has 1 saturated heterocycles. The van der Waals surface area contributed by atoms with E-state index in [0.29, 0.717) is 5.41 Å². The fraction of sp³-hybridized carbons (Fsp3) is 0.571. The molecular formula is C14H22N2O. The highest BCUT2D eigenvalue weighted by Crippen LogP contribution is 2.31. The molecule has 0 radical (unpaired) electrons. The average molecular weight is 234 g/mol. The molecule has 0 spiro atoms. The molecule has 2 rings (SSSR count). The molecule has 0 amide bonds. The first-order valence-electron chi connectivity index (χ1n) is 6.27. The number of nitrogen functional groups attached to an aromatic ring is 1. The van der Waals surface area contributed by atoms with Crippen LogP contribution in [0, 0.1) is 12.3 Å². The van der Waals surface area contributed by atoms with E-state index in [1.54, 1.807) is 0 Å². The maximum absolute atomic E-state index is 5.96. The van der Waals surface area contributed by atoms with Gasteiger partial charge in [0, 0.05) is 19.8 Å². The van der Waals surface area contributed by atoms with Gasteiger partial charge in [-0.05, 0) is 42.9 Å². The van der Waals surface area contributed by atoms with Gasteiger partial charge >= 0.3 is 0 Å². The Morgan fingerprint density at radius 3 is 2.76 bits per heavy atom. The summed E-state index contributed by atoms with van der Waals surface area (Å²) in [4.78, 5) is 0. The van der Waals surface area contributed by atoms with E-state index >= 15 is 0 Å². The van der Waals surface area contributed by atoms with Crippen molar-refractivity contribution in [3.05, 3.63) is 23.8 Å². The first-order valence-corrected chi connectivity index (χ1v) is 6.27. The summed E-state index contributed by atoms with van der Waals surface area (Å²) < 4.78 is 5.41. The first kappa shape index (κ1) is 12.2. The van der Waals surface area contributed by atoms with Gasteiger partial charge in [0.2, 0.25) is 0 Å². The standard InChI is InChI=1S/C14H22N2O/c1-11-3-4-12(15)13(9-11)16-10-14(2)5-7-17-8-6-14/h3-4,9,16H,5-8,10,15H2,1-2H3. The SMILES string of the molecule is Cc1ccc(N)c(NCC2(C)CCOCC2)c1. The predicted octanol–water partition coefficient (Wildman–Crippen LogP) is 2.81. The zero-order chi connectivity index (χ0) is 12.3. The van der Waals surface area contributed by atoms with Gasteiger partial charge in [-0.3, -0.25) is 0 Å². The van der Waals surface area contributed by atoms with Crippen molar-refractivity contribution in [1.82, 2.24) is 0 Å². The number of benzene rings is 1. The number of ether oxygens (including phenoxy) is 1. The molecule has 3 nitrogen and oxygen atoms in total. The predicted molar refractivity (Wildman–Crippen MR) is 72.2 cm³/mol. The van der Waals surface area contributed by atoms with Crippen molar-refractivity contribution < 1.29 is 4.74 Å². The lowest BCUT2D eigenvalue weighted by Crippen LogP contribution is -2.33. The second kappa shape index (κ2) is 4.96. The van der Waals surface area contributed by atoms with Gasteiger partial charge in [-0.15, -0.1) is 0 Å². The summed E-state index contributed by atoms with van der Waals surface area (Å²) in [6.07, 6.45) is 2.23. The molecule has 3 heteroatoms. The molecule has 0 aliphatic carbocycles. The molecule has 0 atom stereocenters. The van der Waals surface area contributed by atoms with Crippen LogP contribution in [0.5, 0.6) is 0 Å². The van der Waals surface area contributed by atoms with E-state index in [2.05, 4.69) is 25.2 Å². The van der Waals surface area contributed by atoms with Crippen molar-refractivity contribution in [3.63, 3.8) is 0 Å². The molecule has 0 bridgehead atoms. The number of rotatable bonds is 3. The summed E-state index contributed by atoms with van der Waals surface area (Å²) in [5, 5.41) is 3.48. The number of aryl methyl sites for hydroxylation is 1. The van der Waals surface area contributed by atoms with Gasteiger partial charge < -0.3 is 15.8 Å². The Morgan fingerprint density at radius 2 is 2.06 bits per heavy atom. The topological polar surface area (TPSA) is 47.3 Å². The largest absolute Gasteiger partial charge is 0.397 e. The number of hydrogen-bond acceptors (Lipinski definition) is 3. The second-order valence-electron chi connectivity index (χ2n) is 5.37. The van der Waals surface area contributed by atoms with E-state index in [-0.39, 0.29) is 0 Å². The molecule has 1 aliphatic rings. The van der Waals surface area contributed by atoms with E-state index in [1.165, 1.54) is 5.56 Å². The minimum absolute atomic E-state index is 0.328. The van der Waals surface area contributed by atoms with Gasteiger partial charge in [0.1, 0.15) is 0 Å². The van der Waals surface area contributed by atoms with Crippen LogP contribution in [0.25, 0.3) is 0 Å². The second-order valence-corrected chi connectivity index (χ2v) is 5.37. The Bertz CT molecular complexity index is 384. The van der Waals surface area contributed by atoms with E-state index < -0.39 is 0 Å². The van der Waals surface area contributed by atoms with Crippen molar-refractivity contribution in [2.75, 3.05) is 30.8 Å².